The molecule has 0 aliphatic carbocycles. The molecular weight excluding hydrogens is 232 g/mol. The fraction of sp³-hybridized carbons (Fsp3) is 0.778. The summed E-state index contributed by atoms with van der Waals surface area (Å²) in [6.07, 6.45) is 17.0. The Kier molecular flexibility index (Phi) is 9.57. The molecule has 0 radical (unpaired) electrons. The van der Waals surface area contributed by atoms with Gasteiger partial charge in [-0.25, -0.2) is 0 Å². The average molecular weight is 264 g/mol. The Labute approximate surface area is 119 Å². The molecule has 0 fully saturated rings. The van der Waals surface area contributed by atoms with Gasteiger partial charge in [0.25, 0.3) is 0 Å². The van der Waals surface area contributed by atoms with Crippen molar-refractivity contribution in [1.29, 1.82) is 0 Å². The molecule has 1 aromatic rings. The molecule has 1 aromatic heterocycles. The van der Waals surface area contributed by atoms with Crippen LogP contribution >= 0.6 is 0 Å². The van der Waals surface area contributed by atoms with Gasteiger partial charge in [-0.15, -0.1) is 0 Å². The summed E-state index contributed by atoms with van der Waals surface area (Å²) in [6.45, 7) is 4.55. The van der Waals surface area contributed by atoms with Crippen molar-refractivity contribution in [3.05, 3.63) is 24.2 Å². The summed E-state index contributed by atoms with van der Waals surface area (Å²) in [6, 6.07) is 4.14. The van der Waals surface area contributed by atoms with E-state index in [0.717, 1.165) is 0 Å². The first-order valence-electron chi connectivity index (χ1n) is 8.41. The highest BCUT2D eigenvalue weighted by molar-refractivity contribution is 5.04. The minimum absolute atomic E-state index is 0.638. The van der Waals surface area contributed by atoms with E-state index in [0.29, 0.717) is 5.92 Å². The maximum atomic E-state index is 5.52. The molecule has 0 N–H and O–H groups in total. The Bertz CT molecular complexity index is 276. The fourth-order valence-corrected chi connectivity index (χ4v) is 2.77. The minimum atomic E-state index is 0.638. The van der Waals surface area contributed by atoms with Gasteiger partial charge in [-0.05, 0) is 25.0 Å². The molecule has 0 bridgehead atoms. The van der Waals surface area contributed by atoms with Crippen LogP contribution in [0.1, 0.15) is 96.2 Å². The van der Waals surface area contributed by atoms with E-state index in [-0.39, 0.29) is 0 Å². The molecule has 0 aromatic carbocycles. The largest absolute Gasteiger partial charge is 0.469 e. The second kappa shape index (κ2) is 11.1. The van der Waals surface area contributed by atoms with E-state index >= 15 is 0 Å². The molecule has 0 saturated carbocycles. The van der Waals surface area contributed by atoms with Gasteiger partial charge in [0.1, 0.15) is 5.76 Å². The van der Waals surface area contributed by atoms with E-state index < -0.39 is 0 Å². The topological polar surface area (TPSA) is 13.1 Å². The summed E-state index contributed by atoms with van der Waals surface area (Å²) >= 11 is 0. The Balaban J connectivity index is 1.95. The minimum Gasteiger partial charge on any atom is -0.469 e. The molecule has 0 spiro atoms. The monoisotopic (exact) mass is 264 g/mol. The number of hydrogen-bond donors (Lipinski definition) is 0. The molecule has 1 heteroatoms. The molecule has 1 heterocycles. The lowest BCUT2D eigenvalue weighted by Crippen LogP contribution is -1.95. The Morgan fingerprint density at radius 2 is 1.53 bits per heavy atom. The zero-order valence-electron chi connectivity index (χ0n) is 13.0. The fourth-order valence-electron chi connectivity index (χ4n) is 2.77. The van der Waals surface area contributed by atoms with Crippen LogP contribution in [0.5, 0.6) is 0 Å². The van der Waals surface area contributed by atoms with Crippen molar-refractivity contribution in [3.8, 4) is 0 Å². The van der Waals surface area contributed by atoms with Crippen molar-refractivity contribution < 1.29 is 4.42 Å². The molecule has 0 aliphatic rings. The summed E-state index contributed by atoms with van der Waals surface area (Å²) in [5.41, 5.74) is 0. The predicted octanol–water partition coefficient (Wildman–Crippen LogP) is 6.69. The molecule has 1 atom stereocenters. The van der Waals surface area contributed by atoms with Gasteiger partial charge in [0, 0.05) is 5.92 Å². The molecule has 0 amide bonds. The van der Waals surface area contributed by atoms with Crippen LogP contribution in [0.3, 0.4) is 0 Å². The van der Waals surface area contributed by atoms with E-state index in [9.17, 15) is 0 Å². The smallest absolute Gasteiger partial charge is 0.106 e. The predicted molar refractivity (Wildman–Crippen MR) is 83.6 cm³/mol. The van der Waals surface area contributed by atoms with Crippen molar-refractivity contribution in [1.82, 2.24) is 0 Å². The molecule has 1 unspecified atom stereocenters. The second-order valence-corrected chi connectivity index (χ2v) is 5.74. The van der Waals surface area contributed by atoms with Gasteiger partial charge >= 0.3 is 0 Å². The van der Waals surface area contributed by atoms with E-state index in [1.54, 1.807) is 6.26 Å². The second-order valence-electron chi connectivity index (χ2n) is 5.74. The third-order valence-corrected chi connectivity index (χ3v) is 4.09. The average Bonchev–Trinajstić information content (AvgIpc) is 2.95. The summed E-state index contributed by atoms with van der Waals surface area (Å²) < 4.78 is 5.52. The standard InChI is InChI=1S/C18H32O/c1-3-5-6-7-8-9-10-11-12-14-17(4-2)18-15-13-16-19-18/h13,15-17H,3-12,14H2,1-2H3. The maximum Gasteiger partial charge on any atom is 0.106 e. The van der Waals surface area contributed by atoms with Crippen molar-refractivity contribution in [3.63, 3.8) is 0 Å². The Hall–Kier alpha value is -0.720. The Morgan fingerprint density at radius 3 is 2.05 bits per heavy atom. The quantitative estimate of drug-likeness (QED) is 0.383. The molecule has 0 aliphatic heterocycles. The van der Waals surface area contributed by atoms with Gasteiger partial charge < -0.3 is 4.42 Å². The lowest BCUT2D eigenvalue weighted by molar-refractivity contribution is 0.424. The van der Waals surface area contributed by atoms with Crippen LogP contribution in [0.2, 0.25) is 0 Å². The normalized spacial score (nSPS) is 12.7. The first-order valence-corrected chi connectivity index (χ1v) is 8.41. The van der Waals surface area contributed by atoms with Crippen LogP contribution in [0.25, 0.3) is 0 Å². The highest BCUT2D eigenvalue weighted by Gasteiger charge is 2.11. The molecule has 1 rings (SSSR count). The number of hydrogen-bond acceptors (Lipinski definition) is 1. The van der Waals surface area contributed by atoms with Crippen LogP contribution in [0, 0.1) is 0 Å². The zero-order chi connectivity index (χ0) is 13.8. The third-order valence-electron chi connectivity index (χ3n) is 4.09. The SMILES string of the molecule is CCCCCCCCCCCC(CC)c1ccco1. The first-order chi connectivity index (χ1) is 9.38. The Morgan fingerprint density at radius 1 is 0.895 bits per heavy atom. The summed E-state index contributed by atoms with van der Waals surface area (Å²) in [7, 11) is 0. The highest BCUT2D eigenvalue weighted by atomic mass is 16.3. The van der Waals surface area contributed by atoms with E-state index in [1.165, 1.54) is 76.4 Å². The van der Waals surface area contributed by atoms with Crippen LogP contribution in [-0.4, -0.2) is 0 Å². The molecular formula is C18H32O. The molecule has 110 valence electrons. The van der Waals surface area contributed by atoms with E-state index in [1.807, 2.05) is 6.07 Å². The lowest BCUT2D eigenvalue weighted by Gasteiger charge is -2.11. The summed E-state index contributed by atoms with van der Waals surface area (Å²) in [4.78, 5) is 0. The number of unbranched alkanes of at least 4 members (excludes halogenated alkanes) is 8. The van der Waals surface area contributed by atoms with Crippen LogP contribution in [-0.2, 0) is 0 Å². The van der Waals surface area contributed by atoms with E-state index in [2.05, 4.69) is 19.9 Å². The number of rotatable bonds is 12. The third kappa shape index (κ3) is 7.44. The van der Waals surface area contributed by atoms with Gasteiger partial charge in [-0.3, -0.25) is 0 Å². The number of furan rings is 1. The molecule has 19 heavy (non-hydrogen) atoms. The highest BCUT2D eigenvalue weighted by Crippen LogP contribution is 2.26. The lowest BCUT2D eigenvalue weighted by atomic mass is 9.95. The van der Waals surface area contributed by atoms with Crippen molar-refractivity contribution in [2.24, 2.45) is 0 Å². The zero-order valence-corrected chi connectivity index (χ0v) is 13.0. The molecule has 1 nitrogen and oxygen atoms in total. The van der Waals surface area contributed by atoms with Crippen LogP contribution in [0.4, 0.5) is 0 Å². The van der Waals surface area contributed by atoms with Gasteiger partial charge in [-0.1, -0.05) is 71.6 Å². The first kappa shape index (κ1) is 16.3. The van der Waals surface area contributed by atoms with Gasteiger partial charge in [0.2, 0.25) is 0 Å². The van der Waals surface area contributed by atoms with Gasteiger partial charge in [0.15, 0.2) is 0 Å². The van der Waals surface area contributed by atoms with Gasteiger partial charge in [0.05, 0.1) is 6.26 Å². The van der Waals surface area contributed by atoms with Crippen molar-refractivity contribution >= 4 is 0 Å². The van der Waals surface area contributed by atoms with Crippen molar-refractivity contribution in [2.75, 3.05) is 0 Å². The maximum absolute atomic E-state index is 5.52. The van der Waals surface area contributed by atoms with E-state index in [4.69, 9.17) is 4.42 Å². The summed E-state index contributed by atoms with van der Waals surface area (Å²) in [5.74, 6) is 1.82. The van der Waals surface area contributed by atoms with Crippen LogP contribution < -0.4 is 0 Å². The summed E-state index contributed by atoms with van der Waals surface area (Å²) in [5, 5.41) is 0. The van der Waals surface area contributed by atoms with Crippen LogP contribution in [0.15, 0.2) is 22.8 Å². The van der Waals surface area contributed by atoms with Crippen molar-refractivity contribution in [2.45, 2.75) is 90.4 Å². The van der Waals surface area contributed by atoms with Gasteiger partial charge in [-0.2, -0.15) is 0 Å². The molecule has 0 saturated heterocycles.